The number of nitrogen functional groups attached to an aromatic ring is 1. The molecule has 0 spiro atoms. The first-order valence-corrected chi connectivity index (χ1v) is 7.04. The van der Waals surface area contributed by atoms with Crippen molar-refractivity contribution in [2.45, 2.75) is 27.3 Å². The first kappa shape index (κ1) is 13.8. The SMILES string of the molecule is Cc1cnc(Cn2ccc3c(C)nc(N)nc32)c(C)c1Cl. The number of anilines is 1. The van der Waals surface area contributed by atoms with E-state index in [9.17, 15) is 0 Å². The monoisotopic (exact) mass is 301 g/mol. The van der Waals surface area contributed by atoms with Gasteiger partial charge in [0.25, 0.3) is 0 Å². The predicted molar refractivity (Wildman–Crippen MR) is 84.5 cm³/mol. The maximum absolute atomic E-state index is 6.30. The first-order valence-electron chi connectivity index (χ1n) is 6.67. The number of pyridine rings is 1. The molecule has 0 bridgehead atoms. The van der Waals surface area contributed by atoms with Crippen molar-refractivity contribution in [3.8, 4) is 0 Å². The van der Waals surface area contributed by atoms with Crippen LogP contribution in [0.4, 0.5) is 5.95 Å². The summed E-state index contributed by atoms with van der Waals surface area (Å²) in [6, 6.07) is 2.00. The van der Waals surface area contributed by atoms with E-state index in [1.54, 1.807) is 6.20 Å². The minimum Gasteiger partial charge on any atom is -0.368 e. The standard InChI is InChI=1S/C15H16ClN5/c1-8-6-18-12(9(2)13(8)16)7-21-5-4-11-10(3)19-15(17)20-14(11)21/h4-6H,7H2,1-3H3,(H2,17,19,20). The minimum absolute atomic E-state index is 0.284. The number of rotatable bonds is 2. The second-order valence-electron chi connectivity index (χ2n) is 5.18. The van der Waals surface area contributed by atoms with Gasteiger partial charge in [-0.05, 0) is 38.0 Å². The molecule has 0 saturated carbocycles. The van der Waals surface area contributed by atoms with Crippen molar-refractivity contribution in [3.05, 3.63) is 46.0 Å². The van der Waals surface area contributed by atoms with Gasteiger partial charge < -0.3 is 10.3 Å². The summed E-state index contributed by atoms with van der Waals surface area (Å²) < 4.78 is 2.02. The van der Waals surface area contributed by atoms with Gasteiger partial charge in [0.15, 0.2) is 0 Å². The van der Waals surface area contributed by atoms with Crippen LogP contribution in [0.1, 0.15) is 22.5 Å². The topological polar surface area (TPSA) is 69.6 Å². The Hall–Kier alpha value is -2.14. The van der Waals surface area contributed by atoms with Crippen LogP contribution >= 0.6 is 11.6 Å². The zero-order valence-corrected chi connectivity index (χ0v) is 12.9. The van der Waals surface area contributed by atoms with Gasteiger partial charge in [-0.1, -0.05) is 11.6 Å². The summed E-state index contributed by atoms with van der Waals surface area (Å²) in [5.74, 6) is 0.284. The molecule has 21 heavy (non-hydrogen) atoms. The molecule has 0 aliphatic rings. The van der Waals surface area contributed by atoms with Gasteiger partial charge in [0.1, 0.15) is 5.65 Å². The van der Waals surface area contributed by atoms with Crippen LogP contribution in [0, 0.1) is 20.8 Å². The summed E-state index contributed by atoms with van der Waals surface area (Å²) in [6.07, 6.45) is 3.77. The summed E-state index contributed by atoms with van der Waals surface area (Å²) in [7, 11) is 0. The third-order valence-electron chi connectivity index (χ3n) is 3.67. The molecule has 3 aromatic heterocycles. The van der Waals surface area contributed by atoms with Crippen molar-refractivity contribution in [1.82, 2.24) is 19.5 Å². The lowest BCUT2D eigenvalue weighted by Crippen LogP contribution is -2.06. The largest absolute Gasteiger partial charge is 0.368 e. The summed E-state index contributed by atoms with van der Waals surface area (Å²) in [6.45, 7) is 6.47. The maximum Gasteiger partial charge on any atom is 0.222 e. The van der Waals surface area contributed by atoms with Crippen LogP contribution in [-0.2, 0) is 6.54 Å². The van der Waals surface area contributed by atoms with Gasteiger partial charge in [-0.3, -0.25) is 4.98 Å². The van der Waals surface area contributed by atoms with E-state index in [1.165, 1.54) is 0 Å². The molecule has 6 heteroatoms. The Morgan fingerprint density at radius 3 is 2.76 bits per heavy atom. The molecule has 0 amide bonds. The van der Waals surface area contributed by atoms with Gasteiger partial charge in [-0.15, -0.1) is 0 Å². The fraction of sp³-hybridized carbons (Fsp3) is 0.267. The van der Waals surface area contributed by atoms with E-state index >= 15 is 0 Å². The molecule has 108 valence electrons. The predicted octanol–water partition coefficient (Wildman–Crippen LogP) is 3.04. The third kappa shape index (κ3) is 2.34. The molecule has 0 radical (unpaired) electrons. The van der Waals surface area contributed by atoms with E-state index in [4.69, 9.17) is 17.3 Å². The Labute approximate surface area is 127 Å². The molecule has 0 unspecified atom stereocenters. The molecule has 0 aliphatic carbocycles. The van der Waals surface area contributed by atoms with Crippen molar-refractivity contribution in [1.29, 1.82) is 0 Å². The molecule has 3 rings (SSSR count). The average Bonchev–Trinajstić information content (AvgIpc) is 2.83. The number of halogens is 1. The Kier molecular flexibility index (Phi) is 3.29. The van der Waals surface area contributed by atoms with Crippen LogP contribution < -0.4 is 5.73 Å². The number of aryl methyl sites for hydroxylation is 2. The molecule has 2 N–H and O–H groups in total. The average molecular weight is 302 g/mol. The van der Waals surface area contributed by atoms with Gasteiger partial charge in [-0.25, -0.2) is 4.98 Å². The van der Waals surface area contributed by atoms with Crippen LogP contribution in [0.25, 0.3) is 11.0 Å². The van der Waals surface area contributed by atoms with Gasteiger partial charge in [0.2, 0.25) is 5.95 Å². The molecule has 0 fully saturated rings. The smallest absolute Gasteiger partial charge is 0.222 e. The number of aromatic nitrogens is 4. The lowest BCUT2D eigenvalue weighted by Gasteiger charge is -2.10. The molecular weight excluding hydrogens is 286 g/mol. The van der Waals surface area contributed by atoms with Crippen LogP contribution in [0.3, 0.4) is 0 Å². The summed E-state index contributed by atoms with van der Waals surface area (Å²) >= 11 is 6.30. The van der Waals surface area contributed by atoms with Crippen molar-refractivity contribution < 1.29 is 0 Å². The van der Waals surface area contributed by atoms with E-state index in [0.717, 1.165) is 38.6 Å². The lowest BCUT2D eigenvalue weighted by atomic mass is 10.1. The normalized spacial score (nSPS) is 11.2. The first-order chi connectivity index (χ1) is 9.97. The molecule has 0 saturated heterocycles. The number of nitrogens with zero attached hydrogens (tertiary/aromatic N) is 4. The van der Waals surface area contributed by atoms with Crippen molar-refractivity contribution >= 4 is 28.6 Å². The lowest BCUT2D eigenvalue weighted by molar-refractivity contribution is 0.788. The highest BCUT2D eigenvalue weighted by Gasteiger charge is 2.11. The van der Waals surface area contributed by atoms with Crippen molar-refractivity contribution in [2.75, 3.05) is 5.73 Å². The van der Waals surface area contributed by atoms with E-state index in [-0.39, 0.29) is 5.95 Å². The van der Waals surface area contributed by atoms with Crippen LogP contribution in [0.15, 0.2) is 18.5 Å². The fourth-order valence-electron chi connectivity index (χ4n) is 2.44. The third-order valence-corrected chi connectivity index (χ3v) is 4.25. The number of hydrogen-bond donors (Lipinski definition) is 1. The van der Waals surface area contributed by atoms with Gasteiger partial charge in [0, 0.05) is 22.8 Å². The summed E-state index contributed by atoms with van der Waals surface area (Å²) in [5, 5.41) is 1.77. The Bertz CT molecular complexity index is 838. The van der Waals surface area contributed by atoms with E-state index in [1.807, 2.05) is 37.6 Å². The van der Waals surface area contributed by atoms with Crippen LogP contribution in [0.2, 0.25) is 5.02 Å². The Balaban J connectivity index is 2.09. The molecule has 5 nitrogen and oxygen atoms in total. The molecular formula is C15H16ClN5. The Morgan fingerprint density at radius 2 is 2.00 bits per heavy atom. The van der Waals surface area contributed by atoms with E-state index in [2.05, 4.69) is 15.0 Å². The minimum atomic E-state index is 0.284. The Morgan fingerprint density at radius 1 is 1.24 bits per heavy atom. The zero-order valence-electron chi connectivity index (χ0n) is 12.2. The van der Waals surface area contributed by atoms with E-state index in [0.29, 0.717) is 6.54 Å². The molecule has 3 heterocycles. The van der Waals surface area contributed by atoms with Crippen molar-refractivity contribution in [2.24, 2.45) is 0 Å². The highest BCUT2D eigenvalue weighted by molar-refractivity contribution is 6.32. The fourth-order valence-corrected chi connectivity index (χ4v) is 2.59. The van der Waals surface area contributed by atoms with Gasteiger partial charge >= 0.3 is 0 Å². The van der Waals surface area contributed by atoms with Gasteiger partial charge in [-0.2, -0.15) is 4.98 Å². The summed E-state index contributed by atoms with van der Waals surface area (Å²) in [4.78, 5) is 13.0. The number of nitrogens with two attached hydrogens (primary N) is 1. The number of fused-ring (bicyclic) bond motifs is 1. The highest BCUT2D eigenvalue weighted by atomic mass is 35.5. The second-order valence-corrected chi connectivity index (χ2v) is 5.55. The molecule has 0 aromatic carbocycles. The highest BCUT2D eigenvalue weighted by Crippen LogP contribution is 2.24. The zero-order chi connectivity index (χ0) is 15.1. The summed E-state index contributed by atoms with van der Waals surface area (Å²) in [5.41, 5.74) is 10.4. The second kappa shape index (κ2) is 5.00. The van der Waals surface area contributed by atoms with Gasteiger partial charge in [0.05, 0.1) is 17.9 Å². The van der Waals surface area contributed by atoms with E-state index < -0.39 is 0 Å². The maximum atomic E-state index is 6.30. The quantitative estimate of drug-likeness (QED) is 0.790. The number of hydrogen-bond acceptors (Lipinski definition) is 4. The molecule has 3 aromatic rings. The van der Waals surface area contributed by atoms with Crippen molar-refractivity contribution in [3.63, 3.8) is 0 Å². The molecule has 0 aliphatic heterocycles. The van der Waals surface area contributed by atoms with Crippen LogP contribution in [0.5, 0.6) is 0 Å². The molecule has 0 atom stereocenters. The van der Waals surface area contributed by atoms with Crippen LogP contribution in [-0.4, -0.2) is 19.5 Å².